The van der Waals surface area contributed by atoms with E-state index in [2.05, 4.69) is 12.2 Å². The fourth-order valence-electron chi connectivity index (χ4n) is 3.09. The number of anilines is 2. The molecule has 0 spiro atoms. The number of nitrogens with one attached hydrogen (secondary N) is 1. The van der Waals surface area contributed by atoms with Crippen LogP contribution in [0.25, 0.3) is 0 Å². The Morgan fingerprint density at radius 1 is 0.903 bits per heavy atom. The third kappa shape index (κ3) is 5.64. The van der Waals surface area contributed by atoms with Gasteiger partial charge in [0.2, 0.25) is 0 Å². The molecule has 7 heteroatoms. The fourth-order valence-corrected chi connectivity index (χ4v) is 4.56. The Hall–Kier alpha value is -3.32. The summed E-state index contributed by atoms with van der Waals surface area (Å²) < 4.78 is 32.9. The predicted octanol–water partition coefficient (Wildman–Crippen LogP) is 4.48. The van der Waals surface area contributed by atoms with Crippen LogP contribution in [0.15, 0.2) is 83.8 Å². The molecule has 0 saturated heterocycles. The summed E-state index contributed by atoms with van der Waals surface area (Å²) in [7, 11) is -3.71. The van der Waals surface area contributed by atoms with E-state index >= 15 is 0 Å². The van der Waals surface area contributed by atoms with Gasteiger partial charge in [-0.2, -0.15) is 0 Å². The van der Waals surface area contributed by atoms with Gasteiger partial charge in [-0.25, -0.2) is 8.42 Å². The number of hydrogen-bond acceptors (Lipinski definition) is 4. The lowest BCUT2D eigenvalue weighted by molar-refractivity contribution is -0.118. The van der Waals surface area contributed by atoms with E-state index in [-0.39, 0.29) is 17.4 Å². The van der Waals surface area contributed by atoms with E-state index in [1.54, 1.807) is 43.3 Å². The van der Waals surface area contributed by atoms with Crippen LogP contribution in [0.5, 0.6) is 5.75 Å². The van der Waals surface area contributed by atoms with Crippen molar-refractivity contribution in [2.45, 2.75) is 25.2 Å². The van der Waals surface area contributed by atoms with E-state index in [1.165, 1.54) is 22.0 Å². The Kier molecular flexibility index (Phi) is 7.31. The Bertz CT molecular complexity index is 1100. The number of aryl methyl sites for hydroxylation is 1. The lowest BCUT2D eigenvalue weighted by Gasteiger charge is -2.23. The Labute approximate surface area is 183 Å². The summed E-state index contributed by atoms with van der Waals surface area (Å²) in [5, 5.41) is 2.72. The highest BCUT2D eigenvalue weighted by Gasteiger charge is 2.23. The van der Waals surface area contributed by atoms with Crippen molar-refractivity contribution < 1.29 is 17.9 Å². The van der Waals surface area contributed by atoms with Crippen LogP contribution in [-0.2, 0) is 21.2 Å². The smallest absolute Gasteiger partial charge is 0.264 e. The predicted molar refractivity (Wildman–Crippen MR) is 123 cm³/mol. The first kappa shape index (κ1) is 22.4. The largest absolute Gasteiger partial charge is 0.484 e. The molecule has 0 heterocycles. The first-order valence-corrected chi connectivity index (χ1v) is 11.6. The topological polar surface area (TPSA) is 75.7 Å². The van der Waals surface area contributed by atoms with Crippen molar-refractivity contribution in [1.82, 2.24) is 0 Å². The highest BCUT2D eigenvalue weighted by Crippen LogP contribution is 2.24. The Balaban J connectivity index is 1.63. The maximum Gasteiger partial charge on any atom is 0.264 e. The summed E-state index contributed by atoms with van der Waals surface area (Å²) in [6.07, 6.45) is 0.938. The molecular formula is C24H26N2O4S. The summed E-state index contributed by atoms with van der Waals surface area (Å²) >= 11 is 0. The molecule has 0 bridgehead atoms. The first-order chi connectivity index (χ1) is 14.9. The highest BCUT2D eigenvalue weighted by atomic mass is 32.2. The van der Waals surface area contributed by atoms with Crippen molar-refractivity contribution in [2.24, 2.45) is 0 Å². The van der Waals surface area contributed by atoms with E-state index in [9.17, 15) is 13.2 Å². The van der Waals surface area contributed by atoms with Crippen LogP contribution >= 0.6 is 0 Å². The van der Waals surface area contributed by atoms with E-state index in [0.717, 1.165) is 6.42 Å². The number of ether oxygens (including phenoxy) is 1. The zero-order valence-electron chi connectivity index (χ0n) is 17.6. The molecule has 31 heavy (non-hydrogen) atoms. The second-order valence-corrected chi connectivity index (χ2v) is 8.73. The van der Waals surface area contributed by atoms with Gasteiger partial charge in [-0.1, -0.05) is 37.3 Å². The lowest BCUT2D eigenvalue weighted by atomic mass is 10.2. The van der Waals surface area contributed by atoms with Gasteiger partial charge >= 0.3 is 0 Å². The normalized spacial score (nSPS) is 11.0. The second kappa shape index (κ2) is 10.1. The number of carbonyl (C=O) groups excluding carboxylic acids is 1. The minimum atomic E-state index is -3.71. The fraction of sp³-hybridized carbons (Fsp3) is 0.208. The minimum absolute atomic E-state index is 0.136. The quantitative estimate of drug-likeness (QED) is 0.534. The number of benzene rings is 3. The summed E-state index contributed by atoms with van der Waals surface area (Å²) in [6, 6.07) is 22.6. The van der Waals surface area contributed by atoms with E-state index in [1.807, 2.05) is 30.3 Å². The lowest BCUT2D eigenvalue weighted by Crippen LogP contribution is -2.30. The van der Waals surface area contributed by atoms with E-state index in [4.69, 9.17) is 4.74 Å². The third-order valence-electron chi connectivity index (χ3n) is 4.76. The van der Waals surface area contributed by atoms with Crippen molar-refractivity contribution in [2.75, 3.05) is 22.8 Å². The number of carbonyl (C=O) groups is 1. The average Bonchev–Trinajstić information content (AvgIpc) is 2.79. The number of hydrogen-bond donors (Lipinski definition) is 1. The maximum atomic E-state index is 13.0. The molecular weight excluding hydrogens is 412 g/mol. The van der Waals surface area contributed by atoms with Gasteiger partial charge in [0.25, 0.3) is 15.9 Å². The van der Waals surface area contributed by atoms with Crippen LogP contribution in [0, 0.1) is 0 Å². The zero-order chi connectivity index (χ0) is 22.3. The van der Waals surface area contributed by atoms with Crippen LogP contribution in [0.4, 0.5) is 11.4 Å². The van der Waals surface area contributed by atoms with Crippen molar-refractivity contribution >= 4 is 27.3 Å². The van der Waals surface area contributed by atoms with Crippen molar-refractivity contribution in [3.63, 3.8) is 0 Å². The highest BCUT2D eigenvalue weighted by molar-refractivity contribution is 7.92. The van der Waals surface area contributed by atoms with E-state index < -0.39 is 10.0 Å². The molecule has 0 saturated carbocycles. The molecule has 3 aromatic rings. The summed E-state index contributed by atoms with van der Waals surface area (Å²) in [4.78, 5) is 12.3. The van der Waals surface area contributed by atoms with E-state index in [0.29, 0.717) is 23.7 Å². The number of amides is 1. The van der Waals surface area contributed by atoms with Crippen LogP contribution in [0.1, 0.15) is 19.4 Å². The summed E-state index contributed by atoms with van der Waals surface area (Å²) in [5.74, 6) is 0.295. The van der Waals surface area contributed by atoms with Gasteiger partial charge in [0, 0.05) is 12.2 Å². The molecule has 162 valence electrons. The summed E-state index contributed by atoms with van der Waals surface area (Å²) in [5.41, 5.74) is 2.30. The molecule has 0 radical (unpaired) electrons. The van der Waals surface area contributed by atoms with Crippen molar-refractivity contribution in [3.8, 4) is 5.75 Å². The van der Waals surface area contributed by atoms with Gasteiger partial charge in [-0.3, -0.25) is 9.10 Å². The number of rotatable bonds is 9. The van der Waals surface area contributed by atoms with Gasteiger partial charge in [-0.05, 0) is 67.4 Å². The number of sulfonamides is 1. The Morgan fingerprint density at radius 2 is 1.55 bits per heavy atom. The third-order valence-corrected chi connectivity index (χ3v) is 6.68. The van der Waals surface area contributed by atoms with Gasteiger partial charge < -0.3 is 10.1 Å². The molecule has 0 aliphatic carbocycles. The molecule has 0 unspecified atom stereocenters. The molecule has 6 nitrogen and oxygen atoms in total. The molecule has 3 aromatic carbocycles. The van der Waals surface area contributed by atoms with Gasteiger partial charge in [0.1, 0.15) is 5.75 Å². The molecule has 0 fully saturated rings. The van der Waals surface area contributed by atoms with Crippen LogP contribution in [0.3, 0.4) is 0 Å². The molecule has 0 aliphatic heterocycles. The zero-order valence-corrected chi connectivity index (χ0v) is 18.4. The molecule has 3 rings (SSSR count). The second-order valence-electron chi connectivity index (χ2n) is 6.86. The standard InChI is InChI=1S/C24H26N2O4S/c1-3-19-10-14-22(15-11-19)30-18-24(27)25-20-12-16-23(17-13-20)31(28,29)26(4-2)21-8-6-5-7-9-21/h5-17H,3-4,18H2,1-2H3,(H,25,27). The molecule has 0 atom stereocenters. The van der Waals surface area contributed by atoms with Crippen LogP contribution in [0.2, 0.25) is 0 Å². The molecule has 0 aromatic heterocycles. The molecule has 1 amide bonds. The van der Waals surface area contributed by atoms with Crippen molar-refractivity contribution in [1.29, 1.82) is 0 Å². The Morgan fingerprint density at radius 3 is 2.13 bits per heavy atom. The van der Waals surface area contributed by atoms with Gasteiger partial charge in [0.15, 0.2) is 6.61 Å². The monoisotopic (exact) mass is 438 g/mol. The number of para-hydroxylation sites is 1. The SMILES string of the molecule is CCc1ccc(OCC(=O)Nc2ccc(S(=O)(=O)N(CC)c3ccccc3)cc2)cc1. The van der Waals surface area contributed by atoms with Crippen molar-refractivity contribution in [3.05, 3.63) is 84.4 Å². The summed E-state index contributed by atoms with van der Waals surface area (Å²) in [6.45, 7) is 4.03. The number of nitrogens with zero attached hydrogens (tertiary/aromatic N) is 1. The van der Waals surface area contributed by atoms with Gasteiger partial charge in [0.05, 0.1) is 10.6 Å². The minimum Gasteiger partial charge on any atom is -0.484 e. The first-order valence-electron chi connectivity index (χ1n) is 10.1. The van der Waals surface area contributed by atoms with Crippen LogP contribution in [-0.4, -0.2) is 27.5 Å². The maximum absolute atomic E-state index is 13.0. The van der Waals surface area contributed by atoms with Crippen LogP contribution < -0.4 is 14.4 Å². The van der Waals surface area contributed by atoms with Gasteiger partial charge in [-0.15, -0.1) is 0 Å². The average molecular weight is 439 g/mol. The molecule has 0 aliphatic rings. The molecule has 1 N–H and O–H groups in total.